The van der Waals surface area contributed by atoms with Crippen LogP contribution in [0.15, 0.2) is 24.3 Å². The van der Waals surface area contributed by atoms with Crippen molar-refractivity contribution in [3.05, 3.63) is 45.8 Å². The quantitative estimate of drug-likeness (QED) is 0.832. The number of nitrogens with zero attached hydrogens (tertiary/aromatic N) is 1. The molecule has 0 spiro atoms. The fourth-order valence-corrected chi connectivity index (χ4v) is 3.97. The standard InChI is InChI=1S/C18H16N2O4S/c1-23-12-7-5-11(6-8-12)18(22)24-10-16(21)20-17-14(9-19)13-3-2-4-15(13)25-17/h5-8H,2-4,10H2,1H3,(H,20,21). The number of thiophene rings is 1. The molecule has 0 atom stereocenters. The van der Waals surface area contributed by atoms with E-state index in [2.05, 4.69) is 11.4 Å². The van der Waals surface area contributed by atoms with Gasteiger partial charge in [-0.15, -0.1) is 11.3 Å². The fourth-order valence-electron chi connectivity index (χ4n) is 2.71. The third-order valence-electron chi connectivity index (χ3n) is 3.95. The van der Waals surface area contributed by atoms with Crippen molar-refractivity contribution >= 4 is 28.2 Å². The van der Waals surface area contributed by atoms with Gasteiger partial charge in [0.25, 0.3) is 5.91 Å². The van der Waals surface area contributed by atoms with E-state index < -0.39 is 18.5 Å². The molecule has 0 saturated carbocycles. The van der Waals surface area contributed by atoms with E-state index in [1.807, 2.05) is 0 Å². The van der Waals surface area contributed by atoms with Crippen LogP contribution in [0.1, 0.15) is 32.8 Å². The first-order valence-corrected chi connectivity index (χ1v) is 8.59. The average Bonchev–Trinajstić information content (AvgIpc) is 3.20. The molecular formula is C18H16N2O4S. The Balaban J connectivity index is 1.58. The van der Waals surface area contributed by atoms with Crippen molar-refractivity contribution in [2.45, 2.75) is 19.3 Å². The zero-order chi connectivity index (χ0) is 17.8. The first-order valence-electron chi connectivity index (χ1n) is 7.78. The predicted molar refractivity (Wildman–Crippen MR) is 93.0 cm³/mol. The number of carbonyl (C=O) groups excluding carboxylic acids is 2. The summed E-state index contributed by atoms with van der Waals surface area (Å²) in [7, 11) is 1.54. The second-order valence-electron chi connectivity index (χ2n) is 5.53. The zero-order valence-corrected chi connectivity index (χ0v) is 14.4. The number of hydrogen-bond donors (Lipinski definition) is 1. The number of anilines is 1. The molecule has 0 radical (unpaired) electrons. The van der Waals surface area contributed by atoms with Gasteiger partial charge in [-0.2, -0.15) is 5.26 Å². The molecule has 1 aliphatic carbocycles. The van der Waals surface area contributed by atoms with Crippen LogP contribution in [0.3, 0.4) is 0 Å². The SMILES string of the molecule is COc1ccc(C(=O)OCC(=O)Nc2sc3c(c2C#N)CCC3)cc1. The average molecular weight is 356 g/mol. The molecule has 1 aromatic carbocycles. The number of carbonyl (C=O) groups is 2. The predicted octanol–water partition coefficient (Wildman–Crippen LogP) is 2.91. The number of nitriles is 1. The maximum absolute atomic E-state index is 12.0. The molecule has 0 fully saturated rings. The van der Waals surface area contributed by atoms with Crippen LogP contribution in [0.4, 0.5) is 5.00 Å². The van der Waals surface area contributed by atoms with E-state index in [4.69, 9.17) is 9.47 Å². The molecule has 1 heterocycles. The monoisotopic (exact) mass is 356 g/mol. The summed E-state index contributed by atoms with van der Waals surface area (Å²) in [6, 6.07) is 8.58. The Morgan fingerprint density at radius 1 is 1.28 bits per heavy atom. The molecule has 1 aliphatic rings. The Bertz CT molecular complexity index is 849. The van der Waals surface area contributed by atoms with Gasteiger partial charge in [-0.1, -0.05) is 0 Å². The minimum Gasteiger partial charge on any atom is -0.497 e. The van der Waals surface area contributed by atoms with E-state index in [0.717, 1.165) is 29.7 Å². The number of methoxy groups -OCH3 is 1. The van der Waals surface area contributed by atoms with E-state index in [0.29, 0.717) is 21.9 Å². The van der Waals surface area contributed by atoms with Crippen LogP contribution in [0.2, 0.25) is 0 Å². The summed E-state index contributed by atoms with van der Waals surface area (Å²) in [5.41, 5.74) is 1.91. The van der Waals surface area contributed by atoms with Crippen LogP contribution in [0, 0.1) is 11.3 Å². The van der Waals surface area contributed by atoms with Gasteiger partial charge in [0, 0.05) is 4.88 Å². The molecule has 1 aromatic heterocycles. The van der Waals surface area contributed by atoms with E-state index in [1.165, 1.54) is 18.4 Å². The molecule has 25 heavy (non-hydrogen) atoms. The Labute approximate surface area is 149 Å². The molecule has 6 nitrogen and oxygen atoms in total. The molecule has 0 bridgehead atoms. The third-order valence-corrected chi connectivity index (χ3v) is 5.15. The molecule has 0 saturated heterocycles. The van der Waals surface area contributed by atoms with Gasteiger partial charge in [-0.25, -0.2) is 4.79 Å². The number of fused-ring (bicyclic) bond motifs is 1. The highest BCUT2D eigenvalue weighted by atomic mass is 32.1. The number of aryl methyl sites for hydroxylation is 1. The second-order valence-corrected chi connectivity index (χ2v) is 6.63. The highest BCUT2D eigenvalue weighted by Crippen LogP contribution is 2.38. The minimum atomic E-state index is -0.591. The van der Waals surface area contributed by atoms with Gasteiger partial charge in [-0.05, 0) is 49.1 Å². The van der Waals surface area contributed by atoms with Crippen molar-refractivity contribution in [2.75, 3.05) is 19.0 Å². The number of benzene rings is 1. The maximum Gasteiger partial charge on any atom is 0.338 e. The topological polar surface area (TPSA) is 88.4 Å². The molecule has 128 valence electrons. The molecular weight excluding hydrogens is 340 g/mol. The largest absolute Gasteiger partial charge is 0.497 e. The number of ether oxygens (including phenoxy) is 2. The highest BCUT2D eigenvalue weighted by molar-refractivity contribution is 7.16. The summed E-state index contributed by atoms with van der Waals surface area (Å²) >= 11 is 1.43. The summed E-state index contributed by atoms with van der Waals surface area (Å²) in [5, 5.41) is 12.5. The molecule has 1 N–H and O–H groups in total. The minimum absolute atomic E-state index is 0.335. The highest BCUT2D eigenvalue weighted by Gasteiger charge is 2.23. The third kappa shape index (κ3) is 3.64. The summed E-state index contributed by atoms with van der Waals surface area (Å²) in [6.45, 7) is -0.404. The van der Waals surface area contributed by atoms with E-state index in [-0.39, 0.29) is 0 Å². The Morgan fingerprint density at radius 2 is 2.04 bits per heavy atom. The van der Waals surface area contributed by atoms with E-state index in [9.17, 15) is 14.9 Å². The summed E-state index contributed by atoms with van der Waals surface area (Å²) in [5.74, 6) is -0.422. The van der Waals surface area contributed by atoms with Crippen molar-refractivity contribution < 1.29 is 19.1 Å². The number of esters is 1. The van der Waals surface area contributed by atoms with Gasteiger partial charge < -0.3 is 14.8 Å². The lowest BCUT2D eigenvalue weighted by Gasteiger charge is -2.06. The van der Waals surface area contributed by atoms with Crippen molar-refractivity contribution in [1.82, 2.24) is 0 Å². The number of rotatable bonds is 5. The first-order chi connectivity index (χ1) is 12.1. The number of amides is 1. The summed E-state index contributed by atoms with van der Waals surface area (Å²) in [4.78, 5) is 25.1. The molecule has 1 amide bonds. The molecule has 7 heteroatoms. The lowest BCUT2D eigenvalue weighted by molar-refractivity contribution is -0.119. The summed E-state index contributed by atoms with van der Waals surface area (Å²) < 4.78 is 10.0. The Morgan fingerprint density at radius 3 is 2.72 bits per heavy atom. The summed E-state index contributed by atoms with van der Waals surface area (Å²) in [6.07, 6.45) is 2.86. The van der Waals surface area contributed by atoms with Crippen LogP contribution in [-0.2, 0) is 22.4 Å². The van der Waals surface area contributed by atoms with Gasteiger partial charge in [0.15, 0.2) is 6.61 Å². The van der Waals surface area contributed by atoms with Crippen molar-refractivity contribution in [1.29, 1.82) is 5.26 Å². The van der Waals surface area contributed by atoms with Gasteiger partial charge in [0.05, 0.1) is 18.2 Å². The van der Waals surface area contributed by atoms with E-state index in [1.54, 1.807) is 24.3 Å². The smallest absolute Gasteiger partial charge is 0.338 e. The van der Waals surface area contributed by atoms with Crippen molar-refractivity contribution in [3.63, 3.8) is 0 Å². The molecule has 2 aromatic rings. The van der Waals surface area contributed by atoms with Gasteiger partial charge in [0.2, 0.25) is 0 Å². The first kappa shape index (κ1) is 17.0. The van der Waals surface area contributed by atoms with Crippen molar-refractivity contribution in [2.24, 2.45) is 0 Å². The normalized spacial score (nSPS) is 12.2. The number of nitrogens with one attached hydrogen (secondary N) is 1. The molecule has 0 aliphatic heterocycles. The van der Waals surface area contributed by atoms with Crippen molar-refractivity contribution in [3.8, 4) is 11.8 Å². The maximum atomic E-state index is 12.0. The second kappa shape index (κ2) is 7.36. The van der Waals surface area contributed by atoms with Gasteiger partial charge in [0.1, 0.15) is 16.8 Å². The van der Waals surface area contributed by atoms with Crippen LogP contribution in [0.5, 0.6) is 5.75 Å². The lowest BCUT2D eigenvalue weighted by Crippen LogP contribution is -2.20. The number of hydrogen-bond acceptors (Lipinski definition) is 6. The molecule has 3 rings (SSSR count). The Hall–Kier alpha value is -2.85. The molecule has 0 unspecified atom stereocenters. The fraction of sp³-hybridized carbons (Fsp3) is 0.278. The zero-order valence-electron chi connectivity index (χ0n) is 13.6. The van der Waals surface area contributed by atoms with Crippen LogP contribution in [0.25, 0.3) is 0 Å². The Kier molecular flexibility index (Phi) is 5.00. The lowest BCUT2D eigenvalue weighted by atomic mass is 10.1. The van der Waals surface area contributed by atoms with Crippen LogP contribution in [-0.4, -0.2) is 25.6 Å². The van der Waals surface area contributed by atoms with Crippen LogP contribution >= 0.6 is 11.3 Å². The van der Waals surface area contributed by atoms with Gasteiger partial charge in [-0.3, -0.25) is 4.79 Å². The van der Waals surface area contributed by atoms with Gasteiger partial charge >= 0.3 is 5.97 Å². The van der Waals surface area contributed by atoms with Crippen LogP contribution < -0.4 is 10.1 Å². The van der Waals surface area contributed by atoms with E-state index >= 15 is 0 Å².